The van der Waals surface area contributed by atoms with Gasteiger partial charge in [-0.15, -0.1) is 0 Å². The number of benzene rings is 1. The molecule has 2 aromatic heterocycles. The monoisotopic (exact) mass is 365 g/mol. The van der Waals surface area contributed by atoms with Crippen molar-refractivity contribution in [3.63, 3.8) is 0 Å². The molecule has 0 atom stereocenters. The second-order valence-corrected chi connectivity index (χ2v) is 6.50. The summed E-state index contributed by atoms with van der Waals surface area (Å²) in [5.41, 5.74) is 3.37. The third-order valence-electron chi connectivity index (χ3n) is 4.46. The highest BCUT2D eigenvalue weighted by Gasteiger charge is 2.12. The minimum atomic E-state index is 0.547. The van der Waals surface area contributed by atoms with Crippen molar-refractivity contribution < 1.29 is 4.74 Å². The summed E-state index contributed by atoms with van der Waals surface area (Å²) in [6.07, 6.45) is 3.29. The maximum atomic E-state index is 5.38. The van der Waals surface area contributed by atoms with E-state index >= 15 is 0 Å². The Morgan fingerprint density at radius 2 is 1.81 bits per heavy atom. The van der Waals surface area contributed by atoms with Gasteiger partial charge in [-0.2, -0.15) is 9.97 Å². The standard InChI is InChI=1S/C19H23N7O/c1-14-2-4-15(5-3-14)23-18-16-17(21-7-6-20-16)24-19(25-18)22-8-9-26-10-12-27-13-11-26/h2-7H,8-13H2,1H3,(H2,21,22,23,24,25). The van der Waals surface area contributed by atoms with Gasteiger partial charge in [-0.25, -0.2) is 9.97 Å². The molecule has 1 aromatic carbocycles. The lowest BCUT2D eigenvalue weighted by molar-refractivity contribution is 0.0398. The Balaban J connectivity index is 1.51. The highest BCUT2D eigenvalue weighted by atomic mass is 16.5. The highest BCUT2D eigenvalue weighted by molar-refractivity contribution is 5.85. The summed E-state index contributed by atoms with van der Waals surface area (Å²) >= 11 is 0. The van der Waals surface area contributed by atoms with E-state index in [2.05, 4.69) is 54.5 Å². The first-order valence-corrected chi connectivity index (χ1v) is 9.14. The van der Waals surface area contributed by atoms with Gasteiger partial charge in [0.15, 0.2) is 17.0 Å². The third kappa shape index (κ3) is 4.47. The Bertz CT molecular complexity index is 894. The van der Waals surface area contributed by atoms with E-state index in [0.717, 1.165) is 45.1 Å². The van der Waals surface area contributed by atoms with Crippen LogP contribution in [0, 0.1) is 6.92 Å². The van der Waals surface area contributed by atoms with Gasteiger partial charge in [-0.1, -0.05) is 17.7 Å². The molecule has 2 N–H and O–H groups in total. The van der Waals surface area contributed by atoms with Crippen molar-refractivity contribution in [2.75, 3.05) is 50.0 Å². The lowest BCUT2D eigenvalue weighted by atomic mass is 10.2. The average molecular weight is 365 g/mol. The van der Waals surface area contributed by atoms with Crippen LogP contribution in [0.25, 0.3) is 11.2 Å². The highest BCUT2D eigenvalue weighted by Crippen LogP contribution is 2.22. The van der Waals surface area contributed by atoms with Gasteiger partial charge >= 0.3 is 0 Å². The topological polar surface area (TPSA) is 88.1 Å². The molecule has 1 saturated heterocycles. The number of anilines is 3. The van der Waals surface area contributed by atoms with Gasteiger partial charge in [0.2, 0.25) is 5.95 Å². The molecular weight excluding hydrogens is 342 g/mol. The molecule has 0 amide bonds. The summed E-state index contributed by atoms with van der Waals surface area (Å²) in [7, 11) is 0. The van der Waals surface area contributed by atoms with E-state index in [1.807, 2.05) is 12.1 Å². The van der Waals surface area contributed by atoms with Crippen molar-refractivity contribution in [2.24, 2.45) is 0 Å². The molecule has 1 aliphatic heterocycles. The number of nitrogens with one attached hydrogen (secondary N) is 2. The molecule has 0 saturated carbocycles. The van der Waals surface area contributed by atoms with Crippen LogP contribution in [0.2, 0.25) is 0 Å². The van der Waals surface area contributed by atoms with Gasteiger partial charge < -0.3 is 15.4 Å². The van der Waals surface area contributed by atoms with Crippen LogP contribution in [0.4, 0.5) is 17.5 Å². The van der Waals surface area contributed by atoms with E-state index in [0.29, 0.717) is 22.9 Å². The number of fused-ring (bicyclic) bond motifs is 1. The summed E-state index contributed by atoms with van der Waals surface area (Å²) < 4.78 is 5.38. The quantitative estimate of drug-likeness (QED) is 0.687. The fraction of sp³-hybridized carbons (Fsp3) is 0.368. The smallest absolute Gasteiger partial charge is 0.226 e. The van der Waals surface area contributed by atoms with Crippen LogP contribution < -0.4 is 10.6 Å². The van der Waals surface area contributed by atoms with Crippen LogP contribution in [0.15, 0.2) is 36.7 Å². The van der Waals surface area contributed by atoms with Crippen LogP contribution in [-0.4, -0.2) is 64.2 Å². The molecule has 0 spiro atoms. The first-order chi connectivity index (χ1) is 13.3. The zero-order chi connectivity index (χ0) is 18.5. The molecule has 0 aliphatic carbocycles. The molecule has 27 heavy (non-hydrogen) atoms. The lowest BCUT2D eigenvalue weighted by Crippen LogP contribution is -2.39. The fourth-order valence-corrected chi connectivity index (χ4v) is 2.95. The van der Waals surface area contributed by atoms with Crippen molar-refractivity contribution in [2.45, 2.75) is 6.92 Å². The number of rotatable bonds is 6. The summed E-state index contributed by atoms with van der Waals surface area (Å²) in [4.78, 5) is 20.2. The molecule has 0 unspecified atom stereocenters. The molecule has 1 aliphatic rings. The van der Waals surface area contributed by atoms with E-state index < -0.39 is 0 Å². The van der Waals surface area contributed by atoms with Gasteiger partial charge in [0, 0.05) is 44.3 Å². The summed E-state index contributed by atoms with van der Waals surface area (Å²) in [5.74, 6) is 1.19. The van der Waals surface area contributed by atoms with Crippen LogP contribution in [0.1, 0.15) is 5.56 Å². The molecule has 8 nitrogen and oxygen atoms in total. The van der Waals surface area contributed by atoms with E-state index in [9.17, 15) is 0 Å². The van der Waals surface area contributed by atoms with E-state index in [1.54, 1.807) is 12.4 Å². The number of nitrogens with zero attached hydrogens (tertiary/aromatic N) is 5. The number of aromatic nitrogens is 4. The van der Waals surface area contributed by atoms with E-state index in [-0.39, 0.29) is 0 Å². The minimum Gasteiger partial charge on any atom is -0.379 e. The molecule has 0 radical (unpaired) electrons. The van der Waals surface area contributed by atoms with E-state index in [1.165, 1.54) is 5.56 Å². The van der Waals surface area contributed by atoms with Crippen LogP contribution in [0.3, 0.4) is 0 Å². The number of aryl methyl sites for hydroxylation is 1. The first-order valence-electron chi connectivity index (χ1n) is 9.14. The summed E-state index contributed by atoms with van der Waals surface area (Å²) in [6.45, 7) is 7.27. The normalized spacial score (nSPS) is 15.0. The third-order valence-corrected chi connectivity index (χ3v) is 4.46. The van der Waals surface area contributed by atoms with Crippen LogP contribution in [0.5, 0.6) is 0 Å². The predicted molar refractivity (Wildman–Crippen MR) is 105 cm³/mol. The van der Waals surface area contributed by atoms with Gasteiger partial charge in [0.25, 0.3) is 0 Å². The molecule has 4 rings (SSSR count). The van der Waals surface area contributed by atoms with Crippen molar-refractivity contribution in [3.8, 4) is 0 Å². The van der Waals surface area contributed by atoms with Crippen molar-refractivity contribution >= 4 is 28.6 Å². The largest absolute Gasteiger partial charge is 0.379 e. The Labute approximate surface area is 158 Å². The number of hydrogen-bond donors (Lipinski definition) is 2. The SMILES string of the molecule is Cc1ccc(Nc2nc(NCCN3CCOCC3)nc3nccnc23)cc1. The molecule has 140 valence electrons. The number of morpholine rings is 1. The van der Waals surface area contributed by atoms with Crippen LogP contribution >= 0.6 is 0 Å². The zero-order valence-electron chi connectivity index (χ0n) is 15.4. The van der Waals surface area contributed by atoms with E-state index in [4.69, 9.17) is 4.74 Å². The number of ether oxygens (including phenoxy) is 1. The second kappa shape index (κ2) is 8.24. The van der Waals surface area contributed by atoms with Crippen LogP contribution in [-0.2, 0) is 4.74 Å². The Morgan fingerprint density at radius 1 is 1.04 bits per heavy atom. The number of hydrogen-bond acceptors (Lipinski definition) is 8. The maximum Gasteiger partial charge on any atom is 0.226 e. The van der Waals surface area contributed by atoms with Crippen molar-refractivity contribution in [1.82, 2.24) is 24.8 Å². The Hall–Kier alpha value is -2.84. The molecule has 0 bridgehead atoms. The van der Waals surface area contributed by atoms with Gasteiger partial charge in [0.05, 0.1) is 13.2 Å². The minimum absolute atomic E-state index is 0.547. The molecule has 3 heterocycles. The fourth-order valence-electron chi connectivity index (χ4n) is 2.95. The average Bonchev–Trinajstić information content (AvgIpc) is 2.71. The van der Waals surface area contributed by atoms with Gasteiger partial charge in [-0.05, 0) is 19.1 Å². The van der Waals surface area contributed by atoms with Crippen molar-refractivity contribution in [3.05, 3.63) is 42.2 Å². The zero-order valence-corrected chi connectivity index (χ0v) is 15.4. The molecule has 8 heteroatoms. The Morgan fingerprint density at radius 3 is 2.63 bits per heavy atom. The molecule has 1 fully saturated rings. The molecular formula is C19H23N7O. The predicted octanol–water partition coefficient (Wildman–Crippen LogP) is 2.22. The Kier molecular flexibility index (Phi) is 5.36. The molecule has 3 aromatic rings. The first kappa shape index (κ1) is 17.6. The van der Waals surface area contributed by atoms with Crippen molar-refractivity contribution in [1.29, 1.82) is 0 Å². The maximum absolute atomic E-state index is 5.38. The second-order valence-electron chi connectivity index (χ2n) is 6.50. The van der Waals surface area contributed by atoms with Gasteiger partial charge in [-0.3, -0.25) is 4.90 Å². The summed E-state index contributed by atoms with van der Waals surface area (Å²) in [5, 5.41) is 6.64. The summed E-state index contributed by atoms with van der Waals surface area (Å²) in [6, 6.07) is 8.15. The van der Waals surface area contributed by atoms with Gasteiger partial charge in [0.1, 0.15) is 0 Å². The lowest BCUT2D eigenvalue weighted by Gasteiger charge is -2.26.